The number of carbonyl (C=O) groups is 1. The summed E-state index contributed by atoms with van der Waals surface area (Å²) in [5.74, 6) is 1.71. The fraction of sp³-hybridized carbons (Fsp3) is 0.929. The van der Waals surface area contributed by atoms with Gasteiger partial charge in [-0.1, -0.05) is 48.3 Å². The molecule has 3 nitrogen and oxygen atoms in total. The fourth-order valence-electron chi connectivity index (χ4n) is 2.15. The molecule has 0 aromatic heterocycles. The average Bonchev–Trinajstić information content (AvgIpc) is 2.93. The lowest BCUT2D eigenvalue weighted by molar-refractivity contribution is -0.122. The van der Waals surface area contributed by atoms with Crippen LogP contribution in [0.25, 0.3) is 0 Å². The summed E-state index contributed by atoms with van der Waals surface area (Å²) in [4.78, 5) is 11.8. The van der Waals surface area contributed by atoms with Crippen LogP contribution in [0.2, 0.25) is 0 Å². The van der Waals surface area contributed by atoms with E-state index in [0.717, 1.165) is 24.5 Å². The van der Waals surface area contributed by atoms with E-state index < -0.39 is 0 Å². The van der Waals surface area contributed by atoms with Gasteiger partial charge in [-0.2, -0.15) is 0 Å². The monoisotopic (exact) mass is 305 g/mol. The first-order valence-corrected chi connectivity index (χ1v) is 9.74. The zero-order valence-electron chi connectivity index (χ0n) is 12.1. The number of carbonyl (C=O) groups excluding carboxylic acids is 1. The lowest BCUT2D eigenvalue weighted by Crippen LogP contribution is -2.41. The summed E-state index contributed by atoms with van der Waals surface area (Å²) < 4.78 is 0. The maximum atomic E-state index is 11.8. The Bertz CT molecular complexity index is 258. The van der Waals surface area contributed by atoms with Crippen LogP contribution in [0.3, 0.4) is 0 Å². The zero-order valence-corrected chi connectivity index (χ0v) is 13.7. The van der Waals surface area contributed by atoms with Crippen LogP contribution in [0.4, 0.5) is 0 Å². The molecule has 1 heterocycles. The molecule has 1 rings (SSSR count). The van der Waals surface area contributed by atoms with Gasteiger partial charge in [-0.25, -0.2) is 0 Å². The van der Waals surface area contributed by atoms with Gasteiger partial charge in [-0.05, 0) is 25.2 Å². The number of aliphatic hydroxyl groups is 1. The summed E-state index contributed by atoms with van der Waals surface area (Å²) in [6.45, 7) is 4.18. The van der Waals surface area contributed by atoms with Crippen molar-refractivity contribution in [2.24, 2.45) is 5.92 Å². The Morgan fingerprint density at radius 3 is 2.84 bits per heavy atom. The third-order valence-electron chi connectivity index (χ3n) is 3.78. The second-order valence-corrected chi connectivity index (χ2v) is 8.10. The van der Waals surface area contributed by atoms with Gasteiger partial charge in [0.25, 0.3) is 0 Å². The lowest BCUT2D eigenvalue weighted by atomic mass is 9.99. The molecule has 1 amide bonds. The fourth-order valence-corrected chi connectivity index (χ4v) is 5.18. The average molecular weight is 306 g/mol. The third-order valence-corrected chi connectivity index (χ3v) is 6.79. The summed E-state index contributed by atoms with van der Waals surface area (Å²) in [5.41, 5.74) is 0. The van der Waals surface area contributed by atoms with Gasteiger partial charge in [-0.15, -0.1) is 0 Å². The number of amides is 1. The predicted octanol–water partition coefficient (Wildman–Crippen LogP) is 3.22. The standard InChI is InChI=1S/C14H27NO2S2/c1-3-11(2)13(10-16)15-14(17)7-5-4-6-12-8-9-18-19-12/h11-13,16H,3-10H2,1-2H3,(H,15,17)/t11-,12?,13-/m1/s1. The SMILES string of the molecule is CC[C@@H](C)[C@@H](CO)NC(=O)CCCCC1CCSS1. The number of unbranched alkanes of at least 4 members (excludes halogenated alkanes) is 1. The molecule has 0 aromatic carbocycles. The minimum atomic E-state index is -0.0840. The molecule has 1 fully saturated rings. The maximum absolute atomic E-state index is 11.8. The molecule has 0 spiro atoms. The van der Waals surface area contributed by atoms with Gasteiger partial charge < -0.3 is 10.4 Å². The van der Waals surface area contributed by atoms with Crippen molar-refractivity contribution in [1.29, 1.82) is 0 Å². The molecule has 0 radical (unpaired) electrons. The highest BCUT2D eigenvalue weighted by atomic mass is 33.1. The minimum absolute atomic E-state index is 0.0384. The van der Waals surface area contributed by atoms with E-state index in [1.165, 1.54) is 18.6 Å². The Balaban J connectivity index is 2.09. The normalized spacial score (nSPS) is 22.2. The van der Waals surface area contributed by atoms with E-state index in [1.807, 2.05) is 21.6 Å². The highest BCUT2D eigenvalue weighted by Crippen LogP contribution is 2.39. The van der Waals surface area contributed by atoms with Crippen molar-refractivity contribution in [2.75, 3.05) is 12.4 Å². The Kier molecular flexibility index (Phi) is 8.99. The summed E-state index contributed by atoms with van der Waals surface area (Å²) in [6, 6.07) is -0.0840. The van der Waals surface area contributed by atoms with Gasteiger partial charge in [0.05, 0.1) is 12.6 Å². The Labute approximate surface area is 125 Å². The molecule has 19 heavy (non-hydrogen) atoms. The predicted molar refractivity (Wildman–Crippen MR) is 85.4 cm³/mol. The van der Waals surface area contributed by atoms with Gasteiger partial charge in [0.1, 0.15) is 0 Å². The Morgan fingerprint density at radius 2 is 2.26 bits per heavy atom. The van der Waals surface area contributed by atoms with E-state index in [1.54, 1.807) is 0 Å². The molecule has 0 aromatic rings. The van der Waals surface area contributed by atoms with E-state index >= 15 is 0 Å². The Hall–Kier alpha value is 0.130. The largest absolute Gasteiger partial charge is 0.394 e. The molecular formula is C14H27NO2S2. The Morgan fingerprint density at radius 1 is 1.47 bits per heavy atom. The number of aliphatic hydroxyl groups excluding tert-OH is 1. The smallest absolute Gasteiger partial charge is 0.220 e. The minimum Gasteiger partial charge on any atom is -0.394 e. The van der Waals surface area contributed by atoms with Crippen LogP contribution < -0.4 is 5.32 Å². The quantitative estimate of drug-likeness (QED) is 0.507. The molecule has 0 saturated carbocycles. The van der Waals surface area contributed by atoms with Crippen molar-refractivity contribution < 1.29 is 9.90 Å². The number of hydrogen-bond acceptors (Lipinski definition) is 4. The lowest BCUT2D eigenvalue weighted by Gasteiger charge is -2.22. The number of nitrogens with one attached hydrogen (secondary N) is 1. The van der Waals surface area contributed by atoms with Crippen molar-refractivity contribution in [2.45, 2.75) is 63.7 Å². The molecule has 5 heteroatoms. The van der Waals surface area contributed by atoms with Crippen LogP contribution in [0.1, 0.15) is 52.4 Å². The zero-order chi connectivity index (χ0) is 14.1. The van der Waals surface area contributed by atoms with Crippen LogP contribution in [0.5, 0.6) is 0 Å². The summed E-state index contributed by atoms with van der Waals surface area (Å²) in [6.07, 6.45) is 6.23. The van der Waals surface area contributed by atoms with Gasteiger partial charge >= 0.3 is 0 Å². The maximum Gasteiger partial charge on any atom is 0.220 e. The summed E-state index contributed by atoms with van der Waals surface area (Å²) in [5, 5.41) is 13.0. The molecule has 112 valence electrons. The van der Waals surface area contributed by atoms with E-state index in [-0.39, 0.29) is 18.6 Å². The van der Waals surface area contributed by atoms with E-state index in [2.05, 4.69) is 19.2 Å². The topological polar surface area (TPSA) is 49.3 Å². The van der Waals surface area contributed by atoms with Crippen molar-refractivity contribution in [1.82, 2.24) is 5.32 Å². The molecule has 0 bridgehead atoms. The van der Waals surface area contributed by atoms with Gasteiger partial charge in [0, 0.05) is 17.4 Å². The second-order valence-electron chi connectivity index (χ2n) is 5.32. The highest BCUT2D eigenvalue weighted by molar-refractivity contribution is 8.77. The highest BCUT2D eigenvalue weighted by Gasteiger charge is 2.18. The van der Waals surface area contributed by atoms with Gasteiger partial charge in [0.15, 0.2) is 0 Å². The van der Waals surface area contributed by atoms with Crippen molar-refractivity contribution in [3.63, 3.8) is 0 Å². The van der Waals surface area contributed by atoms with Crippen molar-refractivity contribution >= 4 is 27.5 Å². The van der Waals surface area contributed by atoms with Crippen LogP contribution >= 0.6 is 21.6 Å². The van der Waals surface area contributed by atoms with Crippen molar-refractivity contribution in [3.8, 4) is 0 Å². The van der Waals surface area contributed by atoms with Crippen LogP contribution in [-0.2, 0) is 4.79 Å². The number of hydrogen-bond donors (Lipinski definition) is 2. The van der Waals surface area contributed by atoms with E-state index in [4.69, 9.17) is 0 Å². The van der Waals surface area contributed by atoms with Crippen LogP contribution in [-0.4, -0.2) is 34.7 Å². The first-order valence-electron chi connectivity index (χ1n) is 7.35. The number of rotatable bonds is 9. The van der Waals surface area contributed by atoms with E-state index in [9.17, 15) is 9.90 Å². The summed E-state index contributed by atoms with van der Waals surface area (Å²) in [7, 11) is 3.98. The molecule has 1 unspecified atom stereocenters. The second kappa shape index (κ2) is 9.94. The van der Waals surface area contributed by atoms with Crippen molar-refractivity contribution in [3.05, 3.63) is 0 Å². The molecule has 0 aliphatic carbocycles. The molecular weight excluding hydrogens is 278 g/mol. The molecule has 3 atom stereocenters. The molecule has 2 N–H and O–H groups in total. The van der Waals surface area contributed by atoms with Crippen LogP contribution in [0.15, 0.2) is 0 Å². The molecule has 1 aliphatic rings. The molecule has 1 saturated heterocycles. The van der Waals surface area contributed by atoms with Gasteiger partial charge in [-0.3, -0.25) is 4.79 Å². The first-order chi connectivity index (χ1) is 9.17. The van der Waals surface area contributed by atoms with Crippen LogP contribution in [0, 0.1) is 5.92 Å². The molecule has 1 aliphatic heterocycles. The first kappa shape index (κ1) is 17.2. The summed E-state index contributed by atoms with van der Waals surface area (Å²) >= 11 is 0. The van der Waals surface area contributed by atoms with Gasteiger partial charge in [0.2, 0.25) is 5.91 Å². The van der Waals surface area contributed by atoms with E-state index in [0.29, 0.717) is 12.3 Å². The third kappa shape index (κ3) is 6.91.